The minimum atomic E-state index is -0.452. The fourth-order valence-corrected chi connectivity index (χ4v) is 3.10. The first kappa shape index (κ1) is 12.0. The van der Waals surface area contributed by atoms with Crippen LogP contribution in [0.2, 0.25) is 0 Å². The lowest BCUT2D eigenvalue weighted by molar-refractivity contribution is 0.380. The Hall–Kier alpha value is -2.06. The van der Waals surface area contributed by atoms with Gasteiger partial charge in [-0.1, -0.05) is 12.8 Å². The molecule has 0 saturated heterocycles. The molecule has 0 radical (unpaired) electrons. The normalized spacial score (nSPS) is 17.3. The summed E-state index contributed by atoms with van der Waals surface area (Å²) in [6, 6.07) is 6.06. The van der Waals surface area contributed by atoms with Crippen LogP contribution in [0, 0.1) is 0 Å². The van der Waals surface area contributed by atoms with Crippen LogP contribution < -0.4 is 4.74 Å². The van der Waals surface area contributed by atoms with Gasteiger partial charge in [-0.3, -0.25) is 0 Å². The summed E-state index contributed by atoms with van der Waals surface area (Å²) in [4.78, 5) is 18.1. The molecule has 2 aromatic rings. The quantitative estimate of drug-likeness (QED) is 0.676. The van der Waals surface area contributed by atoms with E-state index in [1.807, 2.05) is 18.3 Å². The molecular formula is C15H16N2O2. The summed E-state index contributed by atoms with van der Waals surface area (Å²) in [5, 5.41) is 1.10. The molecule has 1 N–H and O–H groups in total. The van der Waals surface area contributed by atoms with Crippen LogP contribution in [0.1, 0.15) is 31.2 Å². The van der Waals surface area contributed by atoms with Gasteiger partial charge in [0.1, 0.15) is 11.3 Å². The zero-order valence-electron chi connectivity index (χ0n) is 10.9. The molecule has 0 amide bonds. The molecule has 1 aromatic heterocycles. The monoisotopic (exact) mass is 256 g/mol. The van der Waals surface area contributed by atoms with Crippen LogP contribution in [0.25, 0.3) is 10.9 Å². The number of benzene rings is 1. The van der Waals surface area contributed by atoms with Crippen LogP contribution in [0.5, 0.6) is 5.75 Å². The van der Waals surface area contributed by atoms with Crippen LogP contribution in [0.15, 0.2) is 29.4 Å². The number of ether oxygens (including phenoxy) is 1. The van der Waals surface area contributed by atoms with Crippen LogP contribution >= 0.6 is 0 Å². The molecule has 4 heteroatoms. The Labute approximate surface area is 111 Å². The average Bonchev–Trinajstić information content (AvgIpc) is 3.06. The van der Waals surface area contributed by atoms with Gasteiger partial charge >= 0.3 is 0 Å². The summed E-state index contributed by atoms with van der Waals surface area (Å²) >= 11 is 0. The molecule has 98 valence electrons. The Kier molecular flexibility index (Phi) is 2.88. The van der Waals surface area contributed by atoms with Crippen molar-refractivity contribution in [2.75, 3.05) is 7.11 Å². The number of hydrogen-bond acceptors (Lipinski definition) is 3. The lowest BCUT2D eigenvalue weighted by Crippen LogP contribution is -2.20. The predicted molar refractivity (Wildman–Crippen MR) is 73.1 cm³/mol. The number of aromatic nitrogens is 1. The minimum absolute atomic E-state index is 0.452. The highest BCUT2D eigenvalue weighted by atomic mass is 16.5. The van der Waals surface area contributed by atoms with Gasteiger partial charge in [-0.05, 0) is 31.0 Å². The predicted octanol–water partition coefficient (Wildman–Crippen LogP) is 3.28. The standard InChI is InChI=1S/C15H16N2O2/c1-19-14-8-11-4-7-16-13(11)9-12(14)15(17-10-18)5-2-3-6-15/h4,7-9,16H,2-3,5-6H2,1H3. The molecule has 0 atom stereocenters. The van der Waals surface area contributed by atoms with Crippen molar-refractivity contribution in [1.29, 1.82) is 0 Å². The van der Waals surface area contributed by atoms with E-state index in [4.69, 9.17) is 4.74 Å². The Morgan fingerprint density at radius 1 is 1.37 bits per heavy atom. The third-order valence-corrected chi connectivity index (χ3v) is 4.07. The van der Waals surface area contributed by atoms with E-state index in [2.05, 4.69) is 16.0 Å². The summed E-state index contributed by atoms with van der Waals surface area (Å²) in [5.74, 6) is 0.799. The Bertz CT molecular complexity index is 647. The maximum atomic E-state index is 10.8. The van der Waals surface area contributed by atoms with E-state index < -0.39 is 5.54 Å². The Morgan fingerprint density at radius 2 is 2.16 bits per heavy atom. The van der Waals surface area contributed by atoms with Gasteiger partial charge in [0.05, 0.1) is 7.11 Å². The second-order valence-electron chi connectivity index (χ2n) is 5.06. The van der Waals surface area contributed by atoms with Crippen molar-refractivity contribution in [3.05, 3.63) is 30.0 Å². The zero-order valence-corrected chi connectivity index (χ0v) is 10.9. The maximum absolute atomic E-state index is 10.8. The third kappa shape index (κ3) is 1.85. The second kappa shape index (κ2) is 4.56. The molecule has 1 aliphatic rings. The van der Waals surface area contributed by atoms with Gasteiger partial charge < -0.3 is 9.72 Å². The number of isocyanates is 1. The van der Waals surface area contributed by atoms with Gasteiger partial charge in [-0.25, -0.2) is 4.79 Å². The summed E-state index contributed by atoms with van der Waals surface area (Å²) in [6.07, 6.45) is 7.57. The highest BCUT2D eigenvalue weighted by molar-refractivity contribution is 5.82. The summed E-state index contributed by atoms with van der Waals surface area (Å²) in [7, 11) is 1.66. The number of methoxy groups -OCH3 is 1. The summed E-state index contributed by atoms with van der Waals surface area (Å²) in [6.45, 7) is 0. The highest BCUT2D eigenvalue weighted by Gasteiger charge is 2.38. The van der Waals surface area contributed by atoms with Gasteiger partial charge in [0.2, 0.25) is 6.08 Å². The van der Waals surface area contributed by atoms with E-state index in [9.17, 15) is 4.79 Å². The van der Waals surface area contributed by atoms with E-state index in [1.165, 1.54) is 0 Å². The smallest absolute Gasteiger partial charge is 0.235 e. The van der Waals surface area contributed by atoms with Gasteiger partial charge in [0, 0.05) is 22.7 Å². The first-order valence-electron chi connectivity index (χ1n) is 6.54. The first-order valence-corrected chi connectivity index (χ1v) is 6.54. The summed E-state index contributed by atoms with van der Waals surface area (Å²) in [5.41, 5.74) is 1.58. The van der Waals surface area contributed by atoms with E-state index >= 15 is 0 Å². The molecule has 1 saturated carbocycles. The number of nitrogens with one attached hydrogen (secondary N) is 1. The Morgan fingerprint density at radius 3 is 2.84 bits per heavy atom. The molecule has 1 aliphatic carbocycles. The van der Waals surface area contributed by atoms with Crippen molar-refractivity contribution in [3.63, 3.8) is 0 Å². The maximum Gasteiger partial charge on any atom is 0.235 e. The van der Waals surface area contributed by atoms with Crippen molar-refractivity contribution in [2.24, 2.45) is 4.99 Å². The van der Waals surface area contributed by atoms with Gasteiger partial charge in [0.25, 0.3) is 0 Å². The van der Waals surface area contributed by atoms with Gasteiger partial charge in [-0.15, -0.1) is 0 Å². The van der Waals surface area contributed by atoms with Crippen LogP contribution in [-0.4, -0.2) is 18.2 Å². The van der Waals surface area contributed by atoms with Crippen molar-refractivity contribution in [2.45, 2.75) is 31.2 Å². The van der Waals surface area contributed by atoms with Crippen molar-refractivity contribution >= 4 is 17.0 Å². The SMILES string of the molecule is COc1cc2cc[nH]c2cc1C1(N=C=O)CCCC1. The lowest BCUT2D eigenvalue weighted by atomic mass is 9.87. The van der Waals surface area contributed by atoms with Crippen LogP contribution in [0.4, 0.5) is 0 Å². The number of H-pyrrole nitrogens is 1. The summed E-state index contributed by atoms with van der Waals surface area (Å²) < 4.78 is 5.50. The van der Waals surface area contributed by atoms with Crippen molar-refractivity contribution < 1.29 is 9.53 Å². The van der Waals surface area contributed by atoms with E-state index in [0.717, 1.165) is 47.9 Å². The number of nitrogens with zero attached hydrogens (tertiary/aromatic N) is 1. The van der Waals surface area contributed by atoms with Crippen molar-refractivity contribution in [3.8, 4) is 5.75 Å². The van der Waals surface area contributed by atoms with Gasteiger partial charge in [0.15, 0.2) is 0 Å². The number of aliphatic imine (C=N–C) groups is 1. The van der Waals surface area contributed by atoms with Crippen molar-refractivity contribution in [1.82, 2.24) is 4.98 Å². The largest absolute Gasteiger partial charge is 0.496 e. The number of aromatic amines is 1. The molecular weight excluding hydrogens is 240 g/mol. The first-order chi connectivity index (χ1) is 9.29. The minimum Gasteiger partial charge on any atom is -0.496 e. The number of carbonyl (C=O) groups excluding carboxylic acids is 1. The number of hydrogen-bond donors (Lipinski definition) is 1. The fourth-order valence-electron chi connectivity index (χ4n) is 3.10. The lowest BCUT2D eigenvalue weighted by Gasteiger charge is -2.25. The molecule has 19 heavy (non-hydrogen) atoms. The van der Waals surface area contributed by atoms with Crippen LogP contribution in [-0.2, 0) is 10.3 Å². The molecule has 0 bridgehead atoms. The molecule has 0 spiro atoms. The molecule has 1 aromatic carbocycles. The Balaban J connectivity index is 2.23. The second-order valence-corrected chi connectivity index (χ2v) is 5.06. The average molecular weight is 256 g/mol. The molecule has 0 aliphatic heterocycles. The number of fused-ring (bicyclic) bond motifs is 1. The molecule has 4 nitrogen and oxygen atoms in total. The highest BCUT2D eigenvalue weighted by Crippen LogP contribution is 2.46. The molecule has 3 rings (SSSR count). The molecule has 1 heterocycles. The third-order valence-electron chi connectivity index (χ3n) is 4.07. The molecule has 0 unspecified atom stereocenters. The van der Waals surface area contributed by atoms with Gasteiger partial charge in [-0.2, -0.15) is 4.99 Å². The fraction of sp³-hybridized carbons (Fsp3) is 0.400. The topological polar surface area (TPSA) is 54.4 Å². The number of rotatable bonds is 3. The van der Waals surface area contributed by atoms with E-state index in [-0.39, 0.29) is 0 Å². The van der Waals surface area contributed by atoms with Crippen LogP contribution in [0.3, 0.4) is 0 Å². The molecule has 1 fully saturated rings. The van der Waals surface area contributed by atoms with E-state index in [1.54, 1.807) is 13.2 Å². The van der Waals surface area contributed by atoms with E-state index in [0.29, 0.717) is 0 Å². The zero-order chi connectivity index (χ0) is 13.3.